The van der Waals surface area contributed by atoms with Crippen molar-refractivity contribution < 1.29 is 9.84 Å². The van der Waals surface area contributed by atoms with Gasteiger partial charge < -0.3 is 19.7 Å². The number of rotatable bonds is 9. The number of aromatic nitrogens is 2. The second kappa shape index (κ2) is 8.47. The van der Waals surface area contributed by atoms with Gasteiger partial charge >= 0.3 is 0 Å². The normalized spacial score (nSPS) is 10.8. The van der Waals surface area contributed by atoms with E-state index in [9.17, 15) is 0 Å². The van der Waals surface area contributed by atoms with Gasteiger partial charge in [0.1, 0.15) is 0 Å². The Hall–Kier alpha value is -1.69. The fraction of sp³-hybridized carbons (Fsp3) is 0.400. The quantitative estimate of drug-likeness (QED) is 0.678. The standard InChI is InChI=1S/C15H21N3O2/c19-9-11-20-10-1-6-16-12-14-2-4-15(5-3-14)18-8-7-17-13-18/h2-5,7-8,13,16,19H,1,6,9-12H2. The average Bonchev–Trinajstić information content (AvgIpc) is 3.01. The summed E-state index contributed by atoms with van der Waals surface area (Å²) in [5.41, 5.74) is 2.37. The van der Waals surface area contributed by atoms with Gasteiger partial charge in [0, 0.05) is 31.2 Å². The van der Waals surface area contributed by atoms with Crippen LogP contribution in [-0.2, 0) is 11.3 Å². The number of benzene rings is 1. The first kappa shape index (κ1) is 14.7. The van der Waals surface area contributed by atoms with Crippen LogP contribution in [0.3, 0.4) is 0 Å². The third-order valence-corrected chi connectivity index (χ3v) is 2.95. The van der Waals surface area contributed by atoms with Crippen molar-refractivity contribution in [1.82, 2.24) is 14.9 Å². The third-order valence-electron chi connectivity index (χ3n) is 2.95. The molecule has 1 heterocycles. The molecular formula is C15H21N3O2. The lowest BCUT2D eigenvalue weighted by atomic mass is 10.2. The second-order valence-corrected chi connectivity index (χ2v) is 4.50. The van der Waals surface area contributed by atoms with E-state index in [4.69, 9.17) is 9.84 Å². The Bertz CT molecular complexity index is 468. The van der Waals surface area contributed by atoms with E-state index in [2.05, 4.69) is 34.6 Å². The monoisotopic (exact) mass is 275 g/mol. The lowest BCUT2D eigenvalue weighted by Crippen LogP contribution is -2.16. The highest BCUT2D eigenvalue weighted by Gasteiger charge is 1.96. The first-order chi connectivity index (χ1) is 9.90. The van der Waals surface area contributed by atoms with Gasteiger partial charge in [-0.3, -0.25) is 0 Å². The summed E-state index contributed by atoms with van der Waals surface area (Å²) < 4.78 is 7.18. The molecule has 0 aliphatic rings. The summed E-state index contributed by atoms with van der Waals surface area (Å²) in [6, 6.07) is 8.40. The summed E-state index contributed by atoms with van der Waals surface area (Å²) in [7, 11) is 0. The van der Waals surface area contributed by atoms with Crippen LogP contribution in [0, 0.1) is 0 Å². The minimum absolute atomic E-state index is 0.0939. The maximum absolute atomic E-state index is 8.56. The Balaban J connectivity index is 1.67. The van der Waals surface area contributed by atoms with Gasteiger partial charge in [-0.15, -0.1) is 0 Å². The van der Waals surface area contributed by atoms with Crippen LogP contribution in [0.15, 0.2) is 43.0 Å². The van der Waals surface area contributed by atoms with Crippen LogP contribution >= 0.6 is 0 Å². The minimum Gasteiger partial charge on any atom is -0.394 e. The van der Waals surface area contributed by atoms with Crippen molar-refractivity contribution in [2.45, 2.75) is 13.0 Å². The average molecular weight is 275 g/mol. The van der Waals surface area contributed by atoms with E-state index in [1.807, 2.05) is 10.8 Å². The van der Waals surface area contributed by atoms with Crippen LogP contribution in [0.25, 0.3) is 5.69 Å². The minimum atomic E-state index is 0.0939. The number of hydrogen-bond donors (Lipinski definition) is 2. The predicted octanol–water partition coefficient (Wildman–Crippen LogP) is 1.36. The van der Waals surface area contributed by atoms with Gasteiger partial charge in [-0.25, -0.2) is 4.98 Å². The van der Waals surface area contributed by atoms with E-state index in [0.29, 0.717) is 13.2 Å². The molecule has 1 aromatic heterocycles. The predicted molar refractivity (Wildman–Crippen MR) is 77.8 cm³/mol. The lowest BCUT2D eigenvalue weighted by molar-refractivity contribution is 0.0907. The molecule has 0 amide bonds. The zero-order chi connectivity index (χ0) is 14.0. The van der Waals surface area contributed by atoms with Gasteiger partial charge in [0.2, 0.25) is 0 Å². The van der Waals surface area contributed by atoms with Crippen molar-refractivity contribution >= 4 is 0 Å². The molecule has 0 saturated carbocycles. The zero-order valence-corrected chi connectivity index (χ0v) is 11.5. The molecule has 0 aliphatic carbocycles. The van der Waals surface area contributed by atoms with Gasteiger partial charge in [-0.05, 0) is 30.7 Å². The Labute approximate surface area is 119 Å². The molecular weight excluding hydrogens is 254 g/mol. The van der Waals surface area contributed by atoms with Gasteiger partial charge in [0.25, 0.3) is 0 Å². The molecule has 5 nitrogen and oxygen atoms in total. The highest BCUT2D eigenvalue weighted by molar-refractivity contribution is 5.34. The van der Waals surface area contributed by atoms with Gasteiger partial charge in [0.05, 0.1) is 19.5 Å². The summed E-state index contributed by atoms with van der Waals surface area (Å²) in [5, 5.41) is 11.9. The van der Waals surface area contributed by atoms with Gasteiger partial charge in [0.15, 0.2) is 0 Å². The number of nitrogens with zero attached hydrogens (tertiary/aromatic N) is 2. The first-order valence-corrected chi connectivity index (χ1v) is 6.87. The molecule has 2 rings (SSSR count). The maximum Gasteiger partial charge on any atom is 0.0991 e. The van der Waals surface area contributed by atoms with Crippen molar-refractivity contribution in [1.29, 1.82) is 0 Å². The molecule has 0 radical (unpaired) electrons. The number of ether oxygens (including phenoxy) is 1. The van der Waals surface area contributed by atoms with Crippen molar-refractivity contribution in [2.75, 3.05) is 26.4 Å². The Kier molecular flexibility index (Phi) is 6.23. The second-order valence-electron chi connectivity index (χ2n) is 4.50. The summed E-state index contributed by atoms with van der Waals surface area (Å²) in [4.78, 5) is 4.04. The number of nitrogens with one attached hydrogen (secondary N) is 1. The number of aliphatic hydroxyl groups excluding tert-OH is 1. The van der Waals surface area contributed by atoms with Crippen LogP contribution in [0.4, 0.5) is 0 Å². The number of imidazole rings is 1. The van der Waals surface area contributed by atoms with Crippen molar-refractivity contribution in [3.63, 3.8) is 0 Å². The van der Waals surface area contributed by atoms with Crippen molar-refractivity contribution in [3.8, 4) is 5.69 Å². The van der Waals surface area contributed by atoms with E-state index < -0.39 is 0 Å². The van der Waals surface area contributed by atoms with Crippen LogP contribution in [0.5, 0.6) is 0 Å². The highest BCUT2D eigenvalue weighted by atomic mass is 16.5. The van der Waals surface area contributed by atoms with Crippen molar-refractivity contribution in [3.05, 3.63) is 48.5 Å². The van der Waals surface area contributed by atoms with Gasteiger partial charge in [-0.2, -0.15) is 0 Å². The van der Waals surface area contributed by atoms with Crippen LogP contribution < -0.4 is 5.32 Å². The largest absolute Gasteiger partial charge is 0.394 e. The zero-order valence-electron chi connectivity index (χ0n) is 11.5. The lowest BCUT2D eigenvalue weighted by Gasteiger charge is -2.07. The van der Waals surface area contributed by atoms with E-state index >= 15 is 0 Å². The molecule has 0 unspecified atom stereocenters. The summed E-state index contributed by atoms with van der Waals surface area (Å²) >= 11 is 0. The van der Waals surface area contributed by atoms with E-state index in [1.54, 1.807) is 12.5 Å². The smallest absolute Gasteiger partial charge is 0.0991 e. The molecule has 0 bridgehead atoms. The maximum atomic E-state index is 8.56. The number of hydrogen-bond acceptors (Lipinski definition) is 4. The SMILES string of the molecule is OCCOCCCNCc1ccc(-n2ccnc2)cc1. The molecule has 0 saturated heterocycles. The number of aliphatic hydroxyl groups is 1. The molecule has 0 fully saturated rings. The molecule has 5 heteroatoms. The van der Waals surface area contributed by atoms with E-state index in [0.717, 1.165) is 25.2 Å². The van der Waals surface area contributed by atoms with E-state index in [1.165, 1.54) is 5.56 Å². The third kappa shape index (κ3) is 4.77. The molecule has 2 N–H and O–H groups in total. The van der Waals surface area contributed by atoms with Crippen LogP contribution in [0.2, 0.25) is 0 Å². The first-order valence-electron chi connectivity index (χ1n) is 6.87. The molecule has 0 atom stereocenters. The van der Waals surface area contributed by atoms with Crippen LogP contribution in [-0.4, -0.2) is 41.0 Å². The van der Waals surface area contributed by atoms with Crippen LogP contribution in [0.1, 0.15) is 12.0 Å². The fourth-order valence-corrected chi connectivity index (χ4v) is 1.90. The summed E-state index contributed by atoms with van der Waals surface area (Å²) in [6.07, 6.45) is 6.45. The molecule has 1 aromatic carbocycles. The van der Waals surface area contributed by atoms with Gasteiger partial charge in [-0.1, -0.05) is 12.1 Å². The molecule has 0 spiro atoms. The summed E-state index contributed by atoms with van der Waals surface area (Å²) in [6.45, 7) is 2.97. The highest BCUT2D eigenvalue weighted by Crippen LogP contribution is 2.08. The molecule has 0 aliphatic heterocycles. The van der Waals surface area contributed by atoms with Crippen molar-refractivity contribution in [2.24, 2.45) is 0 Å². The summed E-state index contributed by atoms with van der Waals surface area (Å²) in [5.74, 6) is 0. The molecule has 20 heavy (non-hydrogen) atoms. The van der Waals surface area contributed by atoms with E-state index in [-0.39, 0.29) is 6.61 Å². The topological polar surface area (TPSA) is 59.3 Å². The molecule has 2 aromatic rings. The molecule has 108 valence electrons. The fourth-order valence-electron chi connectivity index (χ4n) is 1.90. The Morgan fingerprint density at radius 2 is 2.05 bits per heavy atom. The Morgan fingerprint density at radius 3 is 2.75 bits per heavy atom. The Morgan fingerprint density at radius 1 is 1.20 bits per heavy atom.